The number of nitrogens with one attached hydrogen (secondary N) is 2. The zero-order valence-electron chi connectivity index (χ0n) is 10.1. The van der Waals surface area contributed by atoms with E-state index in [2.05, 4.69) is 38.1 Å². The van der Waals surface area contributed by atoms with Crippen LogP contribution >= 0.6 is 15.9 Å². The van der Waals surface area contributed by atoms with Gasteiger partial charge in [0, 0.05) is 10.0 Å². The fraction of sp³-hybridized carbons (Fsp3) is 0.308. The van der Waals surface area contributed by atoms with Gasteiger partial charge in [-0.15, -0.1) is 0 Å². The minimum Gasteiger partial charge on any atom is -0.341 e. The lowest BCUT2D eigenvalue weighted by Gasteiger charge is -2.01. The Bertz CT molecular complexity index is 525. The van der Waals surface area contributed by atoms with Crippen molar-refractivity contribution in [2.45, 2.75) is 19.9 Å². The topological polar surface area (TPSA) is 40.7 Å². The predicted octanol–water partition coefficient (Wildman–Crippen LogP) is 3.48. The molecule has 5 heteroatoms. The van der Waals surface area contributed by atoms with Crippen LogP contribution in [0, 0.1) is 5.82 Å². The Hall–Kier alpha value is -1.20. The second kappa shape index (κ2) is 6.11. The highest BCUT2D eigenvalue weighted by atomic mass is 79.9. The molecule has 1 aromatic heterocycles. The number of rotatable bonds is 5. The van der Waals surface area contributed by atoms with Gasteiger partial charge in [0.2, 0.25) is 0 Å². The van der Waals surface area contributed by atoms with Gasteiger partial charge >= 0.3 is 0 Å². The van der Waals surface area contributed by atoms with Crippen molar-refractivity contribution in [3.05, 3.63) is 40.5 Å². The monoisotopic (exact) mass is 311 g/mol. The van der Waals surface area contributed by atoms with Crippen molar-refractivity contribution in [3.8, 4) is 11.3 Å². The van der Waals surface area contributed by atoms with Gasteiger partial charge in [0.15, 0.2) is 0 Å². The molecule has 96 valence electrons. The first-order chi connectivity index (χ1) is 8.70. The van der Waals surface area contributed by atoms with Crippen LogP contribution in [-0.4, -0.2) is 16.5 Å². The Morgan fingerprint density at radius 3 is 3.00 bits per heavy atom. The molecule has 3 nitrogen and oxygen atoms in total. The molecule has 0 amide bonds. The number of benzene rings is 1. The summed E-state index contributed by atoms with van der Waals surface area (Å²) in [5, 5.41) is 3.24. The van der Waals surface area contributed by atoms with Crippen molar-refractivity contribution in [3.63, 3.8) is 0 Å². The van der Waals surface area contributed by atoms with Crippen molar-refractivity contribution < 1.29 is 4.39 Å². The van der Waals surface area contributed by atoms with Crippen molar-refractivity contribution >= 4 is 15.9 Å². The lowest BCUT2D eigenvalue weighted by molar-refractivity contribution is 0.629. The summed E-state index contributed by atoms with van der Waals surface area (Å²) in [6, 6.07) is 5.00. The lowest BCUT2D eigenvalue weighted by Crippen LogP contribution is -2.14. The largest absolute Gasteiger partial charge is 0.341 e. The van der Waals surface area contributed by atoms with Crippen molar-refractivity contribution in [2.75, 3.05) is 6.54 Å². The first-order valence-electron chi connectivity index (χ1n) is 5.90. The SMILES string of the molecule is CCCNCc1ncc(-c2ccc(Br)cc2F)[nH]1. The smallest absolute Gasteiger partial charge is 0.133 e. The highest BCUT2D eigenvalue weighted by Gasteiger charge is 2.08. The summed E-state index contributed by atoms with van der Waals surface area (Å²) in [4.78, 5) is 7.35. The van der Waals surface area contributed by atoms with Gasteiger partial charge in [-0.2, -0.15) is 0 Å². The van der Waals surface area contributed by atoms with Crippen LogP contribution in [0.4, 0.5) is 4.39 Å². The number of H-pyrrole nitrogens is 1. The number of hydrogen-bond donors (Lipinski definition) is 2. The van der Waals surface area contributed by atoms with Gasteiger partial charge in [0.1, 0.15) is 11.6 Å². The standard InChI is InChI=1S/C13H15BrFN3/c1-2-5-16-8-13-17-7-12(18-13)10-4-3-9(14)6-11(10)15/h3-4,6-7,16H,2,5,8H2,1H3,(H,17,18). The van der Waals surface area contributed by atoms with Crippen LogP contribution in [0.1, 0.15) is 19.2 Å². The minimum absolute atomic E-state index is 0.263. The Labute approximate surface area is 114 Å². The Morgan fingerprint density at radius 1 is 1.44 bits per heavy atom. The normalized spacial score (nSPS) is 10.8. The van der Waals surface area contributed by atoms with E-state index in [1.54, 1.807) is 12.3 Å². The molecule has 0 bridgehead atoms. The summed E-state index contributed by atoms with van der Waals surface area (Å²) in [6.45, 7) is 3.73. The van der Waals surface area contributed by atoms with Crippen molar-refractivity contribution in [1.29, 1.82) is 0 Å². The van der Waals surface area contributed by atoms with E-state index < -0.39 is 0 Å². The van der Waals surface area contributed by atoms with Crippen LogP contribution in [0.25, 0.3) is 11.3 Å². The Morgan fingerprint density at radius 2 is 2.28 bits per heavy atom. The zero-order chi connectivity index (χ0) is 13.0. The molecule has 0 aliphatic heterocycles. The van der Waals surface area contributed by atoms with Crippen molar-refractivity contribution in [2.24, 2.45) is 0 Å². The van der Waals surface area contributed by atoms with Crippen LogP contribution in [0.15, 0.2) is 28.9 Å². The van der Waals surface area contributed by atoms with E-state index in [0.717, 1.165) is 23.3 Å². The molecule has 0 atom stereocenters. The molecule has 18 heavy (non-hydrogen) atoms. The maximum Gasteiger partial charge on any atom is 0.133 e. The third-order valence-electron chi connectivity index (χ3n) is 2.57. The van der Waals surface area contributed by atoms with E-state index in [0.29, 0.717) is 17.8 Å². The quantitative estimate of drug-likeness (QED) is 0.830. The molecule has 2 aromatic rings. The second-order valence-electron chi connectivity index (χ2n) is 4.04. The average Bonchev–Trinajstić information content (AvgIpc) is 2.78. The molecule has 0 saturated carbocycles. The average molecular weight is 312 g/mol. The number of imidazole rings is 1. The summed E-state index contributed by atoms with van der Waals surface area (Å²) in [7, 11) is 0. The van der Waals surface area contributed by atoms with E-state index in [9.17, 15) is 4.39 Å². The van der Waals surface area contributed by atoms with Crippen LogP contribution in [-0.2, 0) is 6.54 Å². The summed E-state index contributed by atoms with van der Waals surface area (Å²) in [5.74, 6) is 0.557. The molecule has 0 spiro atoms. The molecule has 0 fully saturated rings. The van der Waals surface area contributed by atoms with Gasteiger partial charge in [-0.1, -0.05) is 22.9 Å². The second-order valence-corrected chi connectivity index (χ2v) is 4.96. The van der Waals surface area contributed by atoms with Gasteiger partial charge in [-0.05, 0) is 31.2 Å². The lowest BCUT2D eigenvalue weighted by atomic mass is 10.1. The van der Waals surface area contributed by atoms with E-state index in [1.807, 2.05) is 6.07 Å². The molecule has 1 heterocycles. The molecular weight excluding hydrogens is 297 g/mol. The van der Waals surface area contributed by atoms with Gasteiger partial charge in [-0.3, -0.25) is 0 Å². The number of halogens is 2. The molecule has 2 N–H and O–H groups in total. The maximum absolute atomic E-state index is 13.8. The summed E-state index contributed by atoms with van der Waals surface area (Å²) < 4.78 is 14.5. The third-order valence-corrected chi connectivity index (χ3v) is 3.06. The van der Waals surface area contributed by atoms with Gasteiger partial charge < -0.3 is 10.3 Å². The first-order valence-corrected chi connectivity index (χ1v) is 6.70. The molecule has 2 rings (SSSR count). The molecule has 1 aromatic carbocycles. The molecule has 0 radical (unpaired) electrons. The van der Waals surface area contributed by atoms with E-state index in [4.69, 9.17) is 0 Å². The van der Waals surface area contributed by atoms with Gasteiger partial charge in [0.25, 0.3) is 0 Å². The van der Waals surface area contributed by atoms with E-state index >= 15 is 0 Å². The summed E-state index contributed by atoms with van der Waals surface area (Å²) >= 11 is 3.24. The number of hydrogen-bond acceptors (Lipinski definition) is 2. The zero-order valence-corrected chi connectivity index (χ0v) is 11.7. The number of aromatic amines is 1. The van der Waals surface area contributed by atoms with Gasteiger partial charge in [0.05, 0.1) is 18.4 Å². The third kappa shape index (κ3) is 3.17. The van der Waals surface area contributed by atoms with Crippen LogP contribution in [0.5, 0.6) is 0 Å². The molecule has 0 aliphatic carbocycles. The molecule has 0 saturated heterocycles. The molecular formula is C13H15BrFN3. The fourth-order valence-electron chi connectivity index (χ4n) is 1.68. The molecule has 0 aliphatic rings. The Balaban J connectivity index is 2.13. The summed E-state index contributed by atoms with van der Waals surface area (Å²) in [6.07, 6.45) is 2.74. The Kier molecular flexibility index (Phi) is 4.49. The predicted molar refractivity (Wildman–Crippen MR) is 73.7 cm³/mol. The van der Waals surface area contributed by atoms with Gasteiger partial charge in [-0.25, -0.2) is 9.37 Å². The highest BCUT2D eigenvalue weighted by molar-refractivity contribution is 9.10. The maximum atomic E-state index is 13.8. The number of aromatic nitrogens is 2. The van der Waals surface area contributed by atoms with Crippen LogP contribution in [0.2, 0.25) is 0 Å². The summed E-state index contributed by atoms with van der Waals surface area (Å²) in [5.41, 5.74) is 1.24. The molecule has 0 unspecified atom stereocenters. The number of nitrogens with zero attached hydrogens (tertiary/aromatic N) is 1. The van der Waals surface area contributed by atoms with Crippen LogP contribution < -0.4 is 5.32 Å². The van der Waals surface area contributed by atoms with E-state index in [-0.39, 0.29) is 5.82 Å². The fourth-order valence-corrected chi connectivity index (χ4v) is 2.01. The highest BCUT2D eigenvalue weighted by Crippen LogP contribution is 2.23. The minimum atomic E-state index is -0.263. The first kappa shape index (κ1) is 13.2. The van der Waals surface area contributed by atoms with E-state index in [1.165, 1.54) is 6.07 Å². The van der Waals surface area contributed by atoms with Crippen molar-refractivity contribution in [1.82, 2.24) is 15.3 Å². The van der Waals surface area contributed by atoms with Crippen LogP contribution in [0.3, 0.4) is 0 Å².